The van der Waals surface area contributed by atoms with Gasteiger partial charge < -0.3 is 9.52 Å². The molecule has 2 heterocycles. The lowest BCUT2D eigenvalue weighted by Gasteiger charge is -1.92. The van der Waals surface area contributed by atoms with Gasteiger partial charge in [0.25, 0.3) is 0 Å². The second-order valence-electron chi connectivity index (χ2n) is 3.58. The van der Waals surface area contributed by atoms with Gasteiger partial charge in [0.15, 0.2) is 12.2 Å². The number of hydrogen-bond acceptors (Lipinski definition) is 4. The molecule has 0 spiro atoms. The third-order valence-corrected chi connectivity index (χ3v) is 3.59. The van der Waals surface area contributed by atoms with Crippen LogP contribution >= 0.6 is 11.3 Å². The smallest absolute Gasteiger partial charge is 0.181 e. The van der Waals surface area contributed by atoms with E-state index in [1.165, 1.54) is 29.9 Å². The van der Waals surface area contributed by atoms with Crippen molar-refractivity contribution in [3.8, 4) is 10.6 Å². The van der Waals surface area contributed by atoms with Crippen LogP contribution in [0.3, 0.4) is 0 Å². The summed E-state index contributed by atoms with van der Waals surface area (Å²) in [6.07, 6.45) is 1.30. The van der Waals surface area contributed by atoms with Crippen LogP contribution in [-0.2, 0) is 6.61 Å². The van der Waals surface area contributed by atoms with Crippen molar-refractivity contribution in [2.75, 3.05) is 0 Å². The van der Waals surface area contributed by atoms with Crippen LogP contribution in [0.25, 0.3) is 20.7 Å². The van der Waals surface area contributed by atoms with Gasteiger partial charge in [-0.3, -0.25) is 0 Å². The van der Waals surface area contributed by atoms with Crippen molar-refractivity contribution in [2.45, 2.75) is 6.61 Å². The molecule has 0 bridgehead atoms. The summed E-state index contributed by atoms with van der Waals surface area (Å²) in [5.41, 5.74) is 0.497. The number of nitrogens with zero attached hydrogens (tertiary/aromatic N) is 1. The average Bonchev–Trinajstić information content (AvgIpc) is 2.93. The molecule has 17 heavy (non-hydrogen) atoms. The minimum atomic E-state index is -0.258. The number of fused-ring (bicyclic) bond motifs is 1. The number of aliphatic hydroxyl groups excluding tert-OH is 1. The molecule has 86 valence electrons. The van der Waals surface area contributed by atoms with Gasteiger partial charge in [0.2, 0.25) is 0 Å². The van der Waals surface area contributed by atoms with E-state index in [-0.39, 0.29) is 12.4 Å². The van der Waals surface area contributed by atoms with E-state index >= 15 is 0 Å². The third-order valence-electron chi connectivity index (χ3n) is 2.50. The van der Waals surface area contributed by atoms with Crippen LogP contribution in [-0.4, -0.2) is 10.1 Å². The number of aliphatic hydroxyl groups is 1. The third kappa shape index (κ3) is 1.73. The maximum Gasteiger partial charge on any atom is 0.181 e. The molecular weight excluding hydrogens is 241 g/mol. The SMILES string of the molecule is OCc1ncoc1-c1cc2ccc(F)cc2s1. The van der Waals surface area contributed by atoms with E-state index < -0.39 is 0 Å². The van der Waals surface area contributed by atoms with E-state index in [9.17, 15) is 4.39 Å². The summed E-state index contributed by atoms with van der Waals surface area (Å²) in [7, 11) is 0. The Morgan fingerprint density at radius 1 is 1.35 bits per heavy atom. The van der Waals surface area contributed by atoms with E-state index in [1.54, 1.807) is 6.07 Å². The van der Waals surface area contributed by atoms with Crippen molar-refractivity contribution in [1.29, 1.82) is 0 Å². The molecule has 0 radical (unpaired) electrons. The Morgan fingerprint density at radius 3 is 3.06 bits per heavy atom. The summed E-state index contributed by atoms with van der Waals surface area (Å²) in [6.45, 7) is -0.172. The summed E-state index contributed by atoms with van der Waals surface area (Å²) in [5.74, 6) is 0.292. The zero-order valence-corrected chi connectivity index (χ0v) is 9.50. The molecule has 0 saturated heterocycles. The molecule has 3 nitrogen and oxygen atoms in total. The number of oxazole rings is 1. The average molecular weight is 249 g/mol. The zero-order valence-electron chi connectivity index (χ0n) is 8.68. The summed E-state index contributed by atoms with van der Waals surface area (Å²) >= 11 is 1.41. The zero-order chi connectivity index (χ0) is 11.8. The highest BCUT2D eigenvalue weighted by atomic mass is 32.1. The lowest BCUT2D eigenvalue weighted by atomic mass is 10.2. The molecule has 0 aliphatic carbocycles. The summed E-state index contributed by atoms with van der Waals surface area (Å²) in [5, 5.41) is 10.1. The van der Waals surface area contributed by atoms with E-state index in [0.29, 0.717) is 11.5 Å². The van der Waals surface area contributed by atoms with E-state index in [0.717, 1.165) is 15.0 Å². The molecule has 0 unspecified atom stereocenters. The molecule has 5 heteroatoms. The maximum absolute atomic E-state index is 13.1. The molecule has 0 saturated carbocycles. The Morgan fingerprint density at radius 2 is 2.24 bits per heavy atom. The highest BCUT2D eigenvalue weighted by Gasteiger charge is 2.13. The van der Waals surface area contributed by atoms with Crippen LogP contribution in [0.15, 0.2) is 35.1 Å². The van der Waals surface area contributed by atoms with E-state index in [4.69, 9.17) is 9.52 Å². The van der Waals surface area contributed by atoms with Crippen LogP contribution in [0, 0.1) is 5.82 Å². The topological polar surface area (TPSA) is 46.3 Å². The Hall–Kier alpha value is -1.72. The highest BCUT2D eigenvalue weighted by Crippen LogP contribution is 2.35. The quantitative estimate of drug-likeness (QED) is 0.758. The second-order valence-corrected chi connectivity index (χ2v) is 4.66. The van der Waals surface area contributed by atoms with Gasteiger partial charge in [0.05, 0.1) is 11.5 Å². The number of thiophene rings is 1. The normalized spacial score (nSPS) is 11.2. The summed E-state index contributed by atoms with van der Waals surface area (Å²) in [4.78, 5) is 4.75. The van der Waals surface area contributed by atoms with Gasteiger partial charge >= 0.3 is 0 Å². The highest BCUT2D eigenvalue weighted by molar-refractivity contribution is 7.22. The van der Waals surface area contributed by atoms with Crippen molar-refractivity contribution < 1.29 is 13.9 Å². The molecule has 3 rings (SSSR count). The molecule has 2 aromatic heterocycles. The molecule has 3 aromatic rings. The van der Waals surface area contributed by atoms with Crippen molar-refractivity contribution in [3.05, 3.63) is 42.2 Å². The largest absolute Gasteiger partial charge is 0.442 e. The van der Waals surface area contributed by atoms with Gasteiger partial charge in [-0.1, -0.05) is 6.07 Å². The van der Waals surface area contributed by atoms with Crippen molar-refractivity contribution in [2.24, 2.45) is 0 Å². The monoisotopic (exact) mass is 249 g/mol. The van der Waals surface area contributed by atoms with E-state index in [2.05, 4.69) is 4.98 Å². The van der Waals surface area contributed by atoms with Crippen LogP contribution < -0.4 is 0 Å². The van der Waals surface area contributed by atoms with Crippen molar-refractivity contribution in [1.82, 2.24) is 4.98 Å². The van der Waals surface area contributed by atoms with Crippen molar-refractivity contribution in [3.63, 3.8) is 0 Å². The molecule has 0 fully saturated rings. The lowest BCUT2D eigenvalue weighted by molar-refractivity contribution is 0.277. The van der Waals surface area contributed by atoms with Crippen LogP contribution in [0.4, 0.5) is 4.39 Å². The second kappa shape index (κ2) is 3.94. The molecule has 1 N–H and O–H groups in total. The molecular formula is C12H8FNO2S. The number of aromatic nitrogens is 1. The minimum absolute atomic E-state index is 0.172. The van der Waals surface area contributed by atoms with Crippen LogP contribution in [0.2, 0.25) is 0 Å². The standard InChI is InChI=1S/C12H8FNO2S/c13-8-2-1-7-3-11(17-10(7)4-8)12-9(5-15)14-6-16-12/h1-4,6,15H,5H2. The fourth-order valence-electron chi connectivity index (χ4n) is 1.70. The molecule has 0 aliphatic rings. The number of hydrogen-bond donors (Lipinski definition) is 1. The summed E-state index contributed by atoms with van der Waals surface area (Å²) < 4.78 is 19.2. The first-order chi connectivity index (χ1) is 8.28. The number of halogens is 1. The van der Waals surface area contributed by atoms with Crippen molar-refractivity contribution >= 4 is 21.4 Å². The first kappa shape index (κ1) is 10.4. The van der Waals surface area contributed by atoms with Gasteiger partial charge in [-0.2, -0.15) is 0 Å². The van der Waals surface area contributed by atoms with Crippen LogP contribution in [0.1, 0.15) is 5.69 Å². The molecule has 0 amide bonds. The number of rotatable bonds is 2. The fourth-order valence-corrected chi connectivity index (χ4v) is 2.80. The summed E-state index contributed by atoms with van der Waals surface area (Å²) in [6, 6.07) is 6.53. The van der Waals surface area contributed by atoms with E-state index in [1.807, 2.05) is 6.07 Å². The minimum Gasteiger partial charge on any atom is -0.442 e. The Kier molecular flexibility index (Phi) is 2.42. The van der Waals surface area contributed by atoms with Gasteiger partial charge in [-0.05, 0) is 23.6 Å². The first-order valence-corrected chi connectivity index (χ1v) is 5.82. The lowest BCUT2D eigenvalue weighted by Crippen LogP contribution is -1.84. The number of benzene rings is 1. The molecule has 0 aliphatic heterocycles. The Bertz CT molecular complexity index is 674. The maximum atomic E-state index is 13.1. The predicted octanol–water partition coefficient (Wildman–Crippen LogP) is 3.19. The Labute approximate surface area is 100 Å². The predicted molar refractivity (Wildman–Crippen MR) is 63.2 cm³/mol. The van der Waals surface area contributed by atoms with Gasteiger partial charge in [0, 0.05) is 4.70 Å². The molecule has 1 aromatic carbocycles. The van der Waals surface area contributed by atoms with Gasteiger partial charge in [0.1, 0.15) is 11.5 Å². The fraction of sp³-hybridized carbons (Fsp3) is 0.0833. The first-order valence-electron chi connectivity index (χ1n) is 5.00. The Balaban J connectivity index is 2.18. The van der Waals surface area contributed by atoms with Gasteiger partial charge in [-0.15, -0.1) is 11.3 Å². The van der Waals surface area contributed by atoms with Crippen LogP contribution in [0.5, 0.6) is 0 Å². The van der Waals surface area contributed by atoms with Gasteiger partial charge in [-0.25, -0.2) is 9.37 Å². The molecule has 0 atom stereocenters.